The number of ether oxygens (including phenoxy) is 1. The largest absolute Gasteiger partial charge is 0.506 e. The summed E-state index contributed by atoms with van der Waals surface area (Å²) in [5, 5.41) is 10.9. The van der Waals surface area contributed by atoms with E-state index in [1.807, 2.05) is 54.6 Å². The number of thiazole rings is 1. The van der Waals surface area contributed by atoms with Crippen LogP contribution in [0.2, 0.25) is 10.0 Å². The molecule has 1 aliphatic rings. The van der Waals surface area contributed by atoms with Crippen LogP contribution in [-0.2, 0) is 9.53 Å². The van der Waals surface area contributed by atoms with Crippen LogP contribution < -0.4 is 14.9 Å². The normalized spacial score (nSPS) is 15.2. The van der Waals surface area contributed by atoms with Gasteiger partial charge in [-0.15, -0.1) is 0 Å². The predicted octanol–water partition coefficient (Wildman–Crippen LogP) is 6.07. The molecule has 4 aromatic rings. The van der Waals surface area contributed by atoms with Gasteiger partial charge in [-0.3, -0.25) is 9.36 Å². The average Bonchev–Trinajstić information content (AvgIpc) is 3.25. The van der Waals surface area contributed by atoms with Gasteiger partial charge in [0.15, 0.2) is 4.80 Å². The lowest BCUT2D eigenvalue weighted by atomic mass is 9.91. The van der Waals surface area contributed by atoms with Gasteiger partial charge < -0.3 is 9.84 Å². The Morgan fingerprint density at radius 2 is 1.82 bits per heavy atom. The molecule has 0 saturated heterocycles. The molecule has 5 rings (SSSR count). The summed E-state index contributed by atoms with van der Waals surface area (Å²) in [7, 11) is 0. The maximum Gasteiger partial charge on any atom is 0.338 e. The summed E-state index contributed by atoms with van der Waals surface area (Å²) in [4.78, 5) is 32.8. The molecule has 40 heavy (non-hydrogen) atoms. The van der Waals surface area contributed by atoms with Crippen molar-refractivity contribution in [2.45, 2.75) is 32.7 Å². The van der Waals surface area contributed by atoms with Crippen molar-refractivity contribution in [2.75, 3.05) is 6.61 Å². The van der Waals surface area contributed by atoms with Gasteiger partial charge in [-0.1, -0.05) is 103 Å². The van der Waals surface area contributed by atoms with Gasteiger partial charge in [0.2, 0.25) is 0 Å². The van der Waals surface area contributed by atoms with Crippen LogP contribution in [0.4, 0.5) is 0 Å². The fourth-order valence-electron chi connectivity index (χ4n) is 4.66. The lowest BCUT2D eigenvalue weighted by Crippen LogP contribution is -2.40. The van der Waals surface area contributed by atoms with Crippen molar-refractivity contribution in [3.63, 3.8) is 0 Å². The van der Waals surface area contributed by atoms with Crippen molar-refractivity contribution in [1.82, 2.24) is 4.57 Å². The molecule has 0 spiro atoms. The van der Waals surface area contributed by atoms with Gasteiger partial charge in [0.25, 0.3) is 5.56 Å². The first-order valence-electron chi connectivity index (χ1n) is 12.8. The van der Waals surface area contributed by atoms with E-state index in [-0.39, 0.29) is 28.5 Å². The number of nitrogens with zero attached hydrogens (tertiary/aromatic N) is 2. The third kappa shape index (κ3) is 5.24. The first kappa shape index (κ1) is 27.9. The maximum absolute atomic E-state index is 14.0. The van der Waals surface area contributed by atoms with Crippen molar-refractivity contribution >= 4 is 52.3 Å². The first-order chi connectivity index (χ1) is 19.2. The molecule has 1 aliphatic heterocycles. The Labute approximate surface area is 245 Å². The molecule has 0 bridgehead atoms. The fraction of sp³-hybridized carbons (Fsp3) is 0.194. The van der Waals surface area contributed by atoms with E-state index >= 15 is 0 Å². The van der Waals surface area contributed by atoms with Crippen LogP contribution in [0.1, 0.15) is 55.0 Å². The summed E-state index contributed by atoms with van der Waals surface area (Å²) in [6.45, 7) is 6.12. The molecule has 1 aromatic heterocycles. The van der Waals surface area contributed by atoms with Crippen LogP contribution in [0.5, 0.6) is 5.75 Å². The van der Waals surface area contributed by atoms with Gasteiger partial charge in [-0.05, 0) is 42.2 Å². The van der Waals surface area contributed by atoms with Crippen molar-refractivity contribution < 1.29 is 14.6 Å². The van der Waals surface area contributed by atoms with E-state index in [0.717, 1.165) is 28.0 Å². The van der Waals surface area contributed by atoms with E-state index in [1.54, 1.807) is 6.92 Å². The molecular formula is C31H26Cl2N2O4S. The number of hydrogen-bond donors (Lipinski definition) is 1. The SMILES string of the molecule is CCOC(=O)C1=C(c2ccccc2)N=c2s/c(=C\c3cc(Cl)cc(Cl)c3O)c(=O)n2[C@@H]1c1ccc(C(C)C)cc1. The summed E-state index contributed by atoms with van der Waals surface area (Å²) in [5.74, 6) is -0.417. The molecule has 0 radical (unpaired) electrons. The zero-order chi connectivity index (χ0) is 28.6. The van der Waals surface area contributed by atoms with Crippen LogP contribution in [-0.4, -0.2) is 22.2 Å². The highest BCUT2D eigenvalue weighted by Crippen LogP contribution is 2.36. The molecule has 3 aromatic carbocycles. The number of esters is 1. The van der Waals surface area contributed by atoms with E-state index in [0.29, 0.717) is 31.5 Å². The topological polar surface area (TPSA) is 80.9 Å². The highest BCUT2D eigenvalue weighted by atomic mass is 35.5. The Morgan fingerprint density at radius 1 is 1.12 bits per heavy atom. The molecular weight excluding hydrogens is 567 g/mol. The Hall–Kier alpha value is -3.65. The second-order valence-corrected chi connectivity index (χ2v) is 11.4. The minimum Gasteiger partial charge on any atom is -0.506 e. The van der Waals surface area contributed by atoms with Crippen LogP contribution >= 0.6 is 34.5 Å². The number of aromatic hydroxyl groups is 1. The molecule has 1 N–H and O–H groups in total. The van der Waals surface area contributed by atoms with Crippen molar-refractivity contribution in [3.05, 3.63) is 124 Å². The Kier molecular flexibility index (Phi) is 7.99. The second kappa shape index (κ2) is 11.5. The molecule has 1 atom stereocenters. The zero-order valence-corrected chi connectivity index (χ0v) is 24.3. The molecule has 204 valence electrons. The van der Waals surface area contributed by atoms with Crippen molar-refractivity contribution in [1.29, 1.82) is 0 Å². The summed E-state index contributed by atoms with van der Waals surface area (Å²) < 4.78 is 7.32. The summed E-state index contributed by atoms with van der Waals surface area (Å²) in [6, 6.07) is 19.4. The molecule has 0 amide bonds. The van der Waals surface area contributed by atoms with Gasteiger partial charge in [0.1, 0.15) is 5.75 Å². The molecule has 0 saturated carbocycles. The number of phenolic OH excluding ortho intramolecular Hbond substituents is 1. The van der Waals surface area contributed by atoms with Crippen LogP contribution in [0.25, 0.3) is 11.8 Å². The average molecular weight is 594 g/mol. The molecule has 0 aliphatic carbocycles. The monoisotopic (exact) mass is 592 g/mol. The summed E-state index contributed by atoms with van der Waals surface area (Å²) in [5.41, 5.74) is 3.26. The number of benzene rings is 3. The molecule has 6 nitrogen and oxygen atoms in total. The van der Waals surface area contributed by atoms with Crippen LogP contribution in [0.3, 0.4) is 0 Å². The van der Waals surface area contributed by atoms with Gasteiger partial charge in [-0.25, -0.2) is 9.79 Å². The van der Waals surface area contributed by atoms with E-state index in [9.17, 15) is 14.7 Å². The highest BCUT2D eigenvalue weighted by Gasteiger charge is 2.35. The lowest BCUT2D eigenvalue weighted by molar-refractivity contribution is -0.138. The van der Waals surface area contributed by atoms with E-state index in [2.05, 4.69) is 13.8 Å². The fourth-order valence-corrected chi connectivity index (χ4v) is 6.16. The van der Waals surface area contributed by atoms with Gasteiger partial charge in [0.05, 0.1) is 33.5 Å². The molecule has 0 fully saturated rings. The number of aromatic nitrogens is 1. The molecule has 0 unspecified atom stereocenters. The number of hydrogen-bond acceptors (Lipinski definition) is 6. The molecule has 2 heterocycles. The van der Waals surface area contributed by atoms with Crippen LogP contribution in [0.15, 0.2) is 82.1 Å². The van der Waals surface area contributed by atoms with Gasteiger partial charge in [0, 0.05) is 16.1 Å². The second-order valence-electron chi connectivity index (χ2n) is 9.58. The summed E-state index contributed by atoms with van der Waals surface area (Å²) in [6.07, 6.45) is 1.53. The standard InChI is InChI=1S/C31H26Cl2N2O4S/c1-4-39-30(38)25-26(19-8-6-5-7-9-19)34-31-35(27(25)20-12-10-18(11-13-20)17(2)3)29(37)24(40-31)15-21-14-22(32)16-23(33)28(21)36/h5-17,27,36H,4H2,1-3H3/b24-15-/t27-/m1/s1. The zero-order valence-electron chi connectivity index (χ0n) is 22.0. The third-order valence-electron chi connectivity index (χ3n) is 6.64. The Bertz CT molecular complexity index is 1810. The lowest BCUT2D eigenvalue weighted by Gasteiger charge is -2.26. The highest BCUT2D eigenvalue weighted by molar-refractivity contribution is 7.07. The minimum atomic E-state index is -0.787. The van der Waals surface area contributed by atoms with Gasteiger partial charge in [-0.2, -0.15) is 0 Å². The quantitative estimate of drug-likeness (QED) is 0.275. The van der Waals surface area contributed by atoms with E-state index < -0.39 is 12.0 Å². The van der Waals surface area contributed by atoms with Crippen LogP contribution in [0, 0.1) is 0 Å². The maximum atomic E-state index is 14.0. The number of phenols is 1. The Balaban J connectivity index is 1.83. The van der Waals surface area contributed by atoms with Crippen molar-refractivity contribution in [3.8, 4) is 5.75 Å². The summed E-state index contributed by atoms with van der Waals surface area (Å²) >= 11 is 13.4. The van der Waals surface area contributed by atoms with E-state index in [1.165, 1.54) is 22.8 Å². The van der Waals surface area contributed by atoms with Crippen molar-refractivity contribution in [2.24, 2.45) is 4.99 Å². The molecule has 9 heteroatoms. The third-order valence-corrected chi connectivity index (χ3v) is 8.13. The number of rotatable bonds is 6. The first-order valence-corrected chi connectivity index (χ1v) is 14.3. The number of halogens is 2. The predicted molar refractivity (Wildman–Crippen MR) is 160 cm³/mol. The number of fused-ring (bicyclic) bond motifs is 1. The minimum absolute atomic E-state index is 0.0746. The number of carbonyl (C=O) groups excluding carboxylic acids is 1. The van der Waals surface area contributed by atoms with Gasteiger partial charge >= 0.3 is 5.97 Å². The Morgan fingerprint density at radius 3 is 2.48 bits per heavy atom. The number of carbonyl (C=O) groups is 1. The smallest absolute Gasteiger partial charge is 0.338 e. The van der Waals surface area contributed by atoms with E-state index in [4.69, 9.17) is 32.9 Å².